The standard InChI is InChI=1S/C27H20Cl2N2O4S/c1-14-24(15(2)32)25(16-4-7-18(34-3)8-5-16)31-26(33)23(36-27(31)30-14)13-19-9-11-22(35-19)17-6-10-20(28)21(29)12-17/h4-13,25H,1-3H3/t25-/m1/s1. The number of methoxy groups -OCH3 is 1. The number of ether oxygens (including phenoxy) is 1. The molecule has 6 nitrogen and oxygen atoms in total. The molecule has 0 spiro atoms. The number of ketones is 1. The van der Waals surface area contributed by atoms with Gasteiger partial charge in [-0.1, -0.05) is 46.7 Å². The van der Waals surface area contributed by atoms with Crippen molar-refractivity contribution in [3.8, 4) is 17.1 Å². The summed E-state index contributed by atoms with van der Waals surface area (Å²) in [5, 5.41) is 0.885. The van der Waals surface area contributed by atoms with Crippen LogP contribution in [-0.2, 0) is 4.79 Å². The van der Waals surface area contributed by atoms with Gasteiger partial charge in [-0.15, -0.1) is 0 Å². The van der Waals surface area contributed by atoms with Gasteiger partial charge in [0.2, 0.25) is 0 Å². The van der Waals surface area contributed by atoms with Crippen LogP contribution in [0.3, 0.4) is 0 Å². The number of halogens is 2. The summed E-state index contributed by atoms with van der Waals surface area (Å²) in [6.45, 7) is 3.29. The Morgan fingerprint density at radius 2 is 1.86 bits per heavy atom. The summed E-state index contributed by atoms with van der Waals surface area (Å²) in [6, 6.07) is 15.6. The van der Waals surface area contributed by atoms with Crippen molar-refractivity contribution in [2.24, 2.45) is 4.99 Å². The lowest BCUT2D eigenvalue weighted by atomic mass is 9.93. The van der Waals surface area contributed by atoms with E-state index in [1.54, 1.807) is 48.9 Å². The molecule has 182 valence electrons. The molecule has 5 rings (SSSR count). The zero-order chi connectivity index (χ0) is 25.6. The SMILES string of the molecule is COc1ccc([C@@H]2C(C(C)=O)=C(C)N=c3sc(=Cc4ccc(-c5ccc(Cl)c(Cl)c5)o4)c(=O)n32)cc1. The van der Waals surface area contributed by atoms with Crippen molar-refractivity contribution in [2.45, 2.75) is 19.9 Å². The molecule has 0 fully saturated rings. The van der Waals surface area contributed by atoms with Crippen LogP contribution in [0.25, 0.3) is 17.4 Å². The van der Waals surface area contributed by atoms with Crippen molar-refractivity contribution >= 4 is 46.4 Å². The molecule has 0 radical (unpaired) electrons. The van der Waals surface area contributed by atoms with E-state index in [0.29, 0.717) is 47.9 Å². The number of furan rings is 1. The zero-order valence-electron chi connectivity index (χ0n) is 19.5. The van der Waals surface area contributed by atoms with E-state index in [-0.39, 0.29) is 11.3 Å². The molecule has 0 saturated carbocycles. The van der Waals surface area contributed by atoms with E-state index in [0.717, 1.165) is 11.1 Å². The number of hydrogen-bond acceptors (Lipinski definition) is 6. The summed E-state index contributed by atoms with van der Waals surface area (Å²) in [5.41, 5.74) is 2.39. The van der Waals surface area contributed by atoms with Crippen molar-refractivity contribution in [2.75, 3.05) is 7.11 Å². The number of Topliss-reactive ketones (excluding diaryl/α,β-unsaturated/α-hetero) is 1. The summed E-state index contributed by atoms with van der Waals surface area (Å²) in [4.78, 5) is 31.3. The van der Waals surface area contributed by atoms with Crippen molar-refractivity contribution in [1.29, 1.82) is 0 Å². The first-order valence-electron chi connectivity index (χ1n) is 11.0. The minimum absolute atomic E-state index is 0.136. The predicted octanol–water partition coefficient (Wildman–Crippen LogP) is 5.40. The number of hydrogen-bond donors (Lipinski definition) is 0. The third-order valence-electron chi connectivity index (χ3n) is 5.94. The van der Waals surface area contributed by atoms with Crippen LogP contribution in [0.15, 0.2) is 80.1 Å². The lowest BCUT2D eigenvalue weighted by Crippen LogP contribution is -2.39. The Morgan fingerprint density at radius 3 is 2.53 bits per heavy atom. The lowest BCUT2D eigenvalue weighted by Gasteiger charge is -2.24. The second-order valence-corrected chi connectivity index (χ2v) is 10.1. The van der Waals surface area contributed by atoms with Crippen LogP contribution in [0.5, 0.6) is 5.75 Å². The van der Waals surface area contributed by atoms with Crippen molar-refractivity contribution < 1.29 is 13.9 Å². The van der Waals surface area contributed by atoms with Crippen LogP contribution in [0.2, 0.25) is 10.0 Å². The average molecular weight is 539 g/mol. The van der Waals surface area contributed by atoms with Gasteiger partial charge in [-0.05, 0) is 61.9 Å². The number of benzene rings is 2. The zero-order valence-corrected chi connectivity index (χ0v) is 21.9. The molecule has 2 aromatic heterocycles. The number of carbonyl (C=O) groups is 1. The molecule has 0 amide bonds. The van der Waals surface area contributed by atoms with E-state index >= 15 is 0 Å². The number of rotatable bonds is 5. The van der Waals surface area contributed by atoms with Crippen molar-refractivity contribution in [3.05, 3.63) is 107 Å². The summed E-state index contributed by atoms with van der Waals surface area (Å²) >= 11 is 13.4. The highest BCUT2D eigenvalue weighted by Crippen LogP contribution is 2.32. The summed E-state index contributed by atoms with van der Waals surface area (Å²) in [7, 11) is 1.59. The molecule has 1 atom stereocenters. The minimum Gasteiger partial charge on any atom is -0.497 e. The van der Waals surface area contributed by atoms with E-state index in [2.05, 4.69) is 4.99 Å². The van der Waals surface area contributed by atoms with Crippen LogP contribution >= 0.6 is 34.5 Å². The van der Waals surface area contributed by atoms with Gasteiger partial charge < -0.3 is 9.15 Å². The lowest BCUT2D eigenvalue weighted by molar-refractivity contribution is -0.114. The Hall–Kier alpha value is -3.39. The number of thiazole rings is 1. The van der Waals surface area contributed by atoms with E-state index < -0.39 is 6.04 Å². The molecule has 1 aliphatic heterocycles. The molecule has 0 unspecified atom stereocenters. The third kappa shape index (κ3) is 4.34. The van der Waals surface area contributed by atoms with Crippen molar-refractivity contribution in [1.82, 2.24) is 4.57 Å². The van der Waals surface area contributed by atoms with Gasteiger partial charge >= 0.3 is 0 Å². The quantitative estimate of drug-likeness (QED) is 0.341. The highest BCUT2D eigenvalue weighted by molar-refractivity contribution is 7.07. The number of allylic oxidation sites excluding steroid dienone is 2. The number of fused-ring (bicyclic) bond motifs is 1. The van der Waals surface area contributed by atoms with Gasteiger partial charge in [0.15, 0.2) is 10.6 Å². The molecule has 0 aliphatic carbocycles. The summed E-state index contributed by atoms with van der Waals surface area (Å²) in [5.74, 6) is 1.65. The van der Waals surface area contributed by atoms with Crippen molar-refractivity contribution in [3.63, 3.8) is 0 Å². The van der Waals surface area contributed by atoms with Gasteiger partial charge in [0.1, 0.15) is 17.3 Å². The topological polar surface area (TPSA) is 73.8 Å². The van der Waals surface area contributed by atoms with Gasteiger partial charge in [0.25, 0.3) is 5.56 Å². The summed E-state index contributed by atoms with van der Waals surface area (Å²) in [6.07, 6.45) is 1.68. The fraction of sp³-hybridized carbons (Fsp3) is 0.148. The Bertz CT molecular complexity index is 1710. The molecular weight excluding hydrogens is 519 g/mol. The van der Waals surface area contributed by atoms with Crippen LogP contribution < -0.4 is 19.6 Å². The van der Waals surface area contributed by atoms with Gasteiger partial charge in [-0.3, -0.25) is 14.2 Å². The number of carbonyl (C=O) groups excluding carboxylic acids is 1. The van der Waals surface area contributed by atoms with E-state index in [1.807, 2.05) is 30.3 Å². The predicted molar refractivity (Wildman–Crippen MR) is 142 cm³/mol. The molecule has 4 aromatic rings. The Labute approximate surface area is 220 Å². The largest absolute Gasteiger partial charge is 0.497 e. The maximum atomic E-state index is 13.6. The summed E-state index contributed by atoms with van der Waals surface area (Å²) < 4.78 is 13.3. The average Bonchev–Trinajstić information content (AvgIpc) is 3.44. The molecule has 1 aliphatic rings. The van der Waals surface area contributed by atoms with Gasteiger partial charge in [-0.2, -0.15) is 0 Å². The van der Waals surface area contributed by atoms with Crippen LogP contribution in [0, 0.1) is 0 Å². The molecule has 0 saturated heterocycles. The smallest absolute Gasteiger partial charge is 0.271 e. The molecule has 3 heterocycles. The molecule has 2 aromatic carbocycles. The number of nitrogens with zero attached hydrogens (tertiary/aromatic N) is 2. The Morgan fingerprint density at radius 1 is 1.11 bits per heavy atom. The third-order valence-corrected chi connectivity index (χ3v) is 7.66. The second-order valence-electron chi connectivity index (χ2n) is 8.24. The van der Waals surface area contributed by atoms with E-state index in [1.165, 1.54) is 18.3 Å². The molecular formula is C27H20Cl2N2O4S. The van der Waals surface area contributed by atoms with Crippen LogP contribution in [-0.4, -0.2) is 17.5 Å². The monoisotopic (exact) mass is 538 g/mol. The van der Waals surface area contributed by atoms with Gasteiger partial charge in [-0.25, -0.2) is 4.99 Å². The normalized spacial score (nSPS) is 15.6. The molecule has 9 heteroatoms. The van der Waals surface area contributed by atoms with Gasteiger partial charge in [0, 0.05) is 22.9 Å². The Balaban J connectivity index is 1.62. The maximum Gasteiger partial charge on any atom is 0.271 e. The van der Waals surface area contributed by atoms with E-state index in [4.69, 9.17) is 32.4 Å². The molecule has 0 bridgehead atoms. The van der Waals surface area contributed by atoms with E-state index in [9.17, 15) is 9.59 Å². The molecule has 0 N–H and O–H groups in total. The highest BCUT2D eigenvalue weighted by Gasteiger charge is 2.30. The maximum absolute atomic E-state index is 13.6. The van der Waals surface area contributed by atoms with Crippen LogP contribution in [0.4, 0.5) is 0 Å². The van der Waals surface area contributed by atoms with Crippen LogP contribution in [0.1, 0.15) is 31.2 Å². The number of aromatic nitrogens is 1. The first-order valence-corrected chi connectivity index (χ1v) is 12.6. The second kappa shape index (κ2) is 9.58. The molecule has 36 heavy (non-hydrogen) atoms. The minimum atomic E-state index is -0.588. The fourth-order valence-electron chi connectivity index (χ4n) is 4.24. The fourth-order valence-corrected chi connectivity index (χ4v) is 5.56. The van der Waals surface area contributed by atoms with Gasteiger partial charge in [0.05, 0.1) is 27.7 Å². The highest BCUT2D eigenvalue weighted by atomic mass is 35.5. The Kier molecular flexibility index (Phi) is 6.47. The first-order chi connectivity index (χ1) is 17.3. The first kappa shape index (κ1) is 24.3.